The molecule has 1 saturated carbocycles. The van der Waals surface area contributed by atoms with Crippen molar-refractivity contribution in [3.05, 3.63) is 48.0 Å². The summed E-state index contributed by atoms with van der Waals surface area (Å²) in [5.41, 5.74) is 3.00. The van der Waals surface area contributed by atoms with Crippen LogP contribution in [0.15, 0.2) is 36.7 Å². The van der Waals surface area contributed by atoms with E-state index in [1.165, 1.54) is 37.1 Å². The van der Waals surface area contributed by atoms with Crippen LogP contribution in [0.2, 0.25) is 0 Å². The molecule has 0 bridgehead atoms. The Hall–Kier alpha value is -1.72. The molecule has 4 heterocycles. The maximum Gasteiger partial charge on any atom is 0.0691 e. The molecular formula is C26H38N4O. The smallest absolute Gasteiger partial charge is 0.0691 e. The Balaban J connectivity index is 1.32. The summed E-state index contributed by atoms with van der Waals surface area (Å²) in [6, 6.07) is 9.45. The van der Waals surface area contributed by atoms with Gasteiger partial charge in [-0.15, -0.1) is 0 Å². The Labute approximate surface area is 187 Å². The number of aromatic nitrogens is 3. The van der Waals surface area contributed by atoms with Gasteiger partial charge in [-0.1, -0.05) is 39.7 Å². The van der Waals surface area contributed by atoms with Crippen LogP contribution in [0.1, 0.15) is 95.6 Å². The van der Waals surface area contributed by atoms with E-state index in [1.807, 2.05) is 18.5 Å². The van der Waals surface area contributed by atoms with Gasteiger partial charge in [0.15, 0.2) is 0 Å². The zero-order valence-electron chi connectivity index (χ0n) is 19.4. The van der Waals surface area contributed by atoms with Gasteiger partial charge in [0.2, 0.25) is 0 Å². The van der Waals surface area contributed by atoms with Gasteiger partial charge in [0.1, 0.15) is 0 Å². The van der Waals surface area contributed by atoms with Gasteiger partial charge in [-0.2, -0.15) is 5.10 Å². The van der Waals surface area contributed by atoms with Gasteiger partial charge in [0, 0.05) is 30.1 Å². The van der Waals surface area contributed by atoms with Crippen LogP contribution in [0.5, 0.6) is 0 Å². The van der Waals surface area contributed by atoms with E-state index in [2.05, 4.69) is 54.1 Å². The molecule has 0 radical (unpaired) electrons. The van der Waals surface area contributed by atoms with Gasteiger partial charge >= 0.3 is 0 Å². The summed E-state index contributed by atoms with van der Waals surface area (Å²) in [5.74, 6) is 0. The summed E-state index contributed by atoms with van der Waals surface area (Å²) in [6.45, 7) is 8.83. The summed E-state index contributed by atoms with van der Waals surface area (Å²) < 4.78 is 8.67. The van der Waals surface area contributed by atoms with Crippen LogP contribution >= 0.6 is 0 Å². The highest BCUT2D eigenvalue weighted by Crippen LogP contribution is 2.50. The molecule has 5 rings (SSSR count). The molecule has 3 aliphatic rings. The van der Waals surface area contributed by atoms with Crippen molar-refractivity contribution in [2.75, 3.05) is 13.2 Å². The number of rotatable bonds is 5. The Morgan fingerprint density at radius 1 is 1.13 bits per heavy atom. The summed E-state index contributed by atoms with van der Waals surface area (Å²) in [4.78, 5) is 4.85. The Bertz CT molecular complexity index is 880. The lowest BCUT2D eigenvalue weighted by Gasteiger charge is -2.46. The third kappa shape index (κ3) is 3.95. The molecule has 3 atom stereocenters. The van der Waals surface area contributed by atoms with Crippen molar-refractivity contribution in [3.63, 3.8) is 0 Å². The molecule has 2 aliphatic heterocycles. The zero-order valence-corrected chi connectivity index (χ0v) is 19.4. The number of nitrogens with zero attached hydrogens (tertiary/aromatic N) is 3. The van der Waals surface area contributed by atoms with Crippen molar-refractivity contribution in [1.29, 1.82) is 0 Å². The molecule has 2 aromatic heterocycles. The van der Waals surface area contributed by atoms with Crippen molar-refractivity contribution in [2.24, 2.45) is 5.41 Å². The molecule has 0 amide bonds. The van der Waals surface area contributed by atoms with Gasteiger partial charge in [-0.3, -0.25) is 9.67 Å². The zero-order chi connectivity index (χ0) is 21.5. The van der Waals surface area contributed by atoms with Crippen molar-refractivity contribution in [1.82, 2.24) is 20.1 Å². The minimum absolute atomic E-state index is 0.0824. The first kappa shape index (κ1) is 21.1. The molecule has 5 nitrogen and oxygen atoms in total. The van der Waals surface area contributed by atoms with Crippen LogP contribution in [0.3, 0.4) is 0 Å². The van der Waals surface area contributed by atoms with Gasteiger partial charge in [0.05, 0.1) is 23.4 Å². The predicted octanol–water partition coefficient (Wildman–Crippen LogP) is 5.35. The van der Waals surface area contributed by atoms with E-state index >= 15 is 0 Å². The molecule has 5 heteroatoms. The second-order valence-corrected chi connectivity index (χ2v) is 11.2. The van der Waals surface area contributed by atoms with Crippen LogP contribution in [0.25, 0.3) is 0 Å². The average molecular weight is 423 g/mol. The second-order valence-electron chi connectivity index (χ2n) is 11.2. The summed E-state index contributed by atoms with van der Waals surface area (Å²) in [5, 5.41) is 8.57. The first-order valence-electron chi connectivity index (χ1n) is 12.2. The van der Waals surface area contributed by atoms with Gasteiger partial charge in [0.25, 0.3) is 0 Å². The molecule has 1 aliphatic carbocycles. The number of pyridine rings is 1. The molecule has 1 saturated heterocycles. The molecular weight excluding hydrogens is 384 g/mol. The lowest BCUT2D eigenvalue weighted by atomic mass is 9.68. The first-order chi connectivity index (χ1) is 14.9. The van der Waals surface area contributed by atoms with Crippen LogP contribution < -0.4 is 5.32 Å². The fourth-order valence-corrected chi connectivity index (χ4v) is 6.49. The molecule has 0 aromatic carbocycles. The lowest BCUT2D eigenvalue weighted by molar-refractivity contribution is -0.104. The van der Waals surface area contributed by atoms with Crippen LogP contribution in [0.4, 0.5) is 0 Å². The van der Waals surface area contributed by atoms with E-state index < -0.39 is 0 Å². The SMILES string of the molecule is CC(C)(C)[C@H]1C[C@@H](NCCC2(c3ccccn3)CCOC3(CCCC3)C2)c2ccnn21. The molecule has 31 heavy (non-hydrogen) atoms. The van der Waals surface area contributed by atoms with E-state index in [-0.39, 0.29) is 16.4 Å². The molecule has 1 N–H and O–H groups in total. The van der Waals surface area contributed by atoms with Crippen LogP contribution in [0, 0.1) is 5.41 Å². The molecule has 2 fully saturated rings. The van der Waals surface area contributed by atoms with Gasteiger partial charge < -0.3 is 10.1 Å². The topological polar surface area (TPSA) is 52.0 Å². The minimum atomic E-state index is 0.0824. The number of nitrogens with one attached hydrogen (secondary N) is 1. The maximum absolute atomic E-state index is 6.41. The Morgan fingerprint density at radius 2 is 1.97 bits per heavy atom. The highest BCUT2D eigenvalue weighted by molar-refractivity contribution is 5.21. The van der Waals surface area contributed by atoms with Crippen molar-refractivity contribution < 1.29 is 4.74 Å². The number of hydrogen-bond donors (Lipinski definition) is 1. The molecule has 1 unspecified atom stereocenters. The highest BCUT2D eigenvalue weighted by atomic mass is 16.5. The number of hydrogen-bond acceptors (Lipinski definition) is 4. The average Bonchev–Trinajstić information content (AvgIpc) is 3.47. The highest BCUT2D eigenvalue weighted by Gasteiger charge is 2.48. The van der Waals surface area contributed by atoms with E-state index in [4.69, 9.17) is 9.72 Å². The quantitative estimate of drug-likeness (QED) is 0.706. The second kappa shape index (κ2) is 8.00. The van der Waals surface area contributed by atoms with Crippen molar-refractivity contribution >= 4 is 0 Å². The standard InChI is InChI=1S/C26H38N4O/c1-24(2,3)23-18-20(21-9-15-29-30(21)23)27-16-12-25(22-8-4-7-14-28-22)13-17-31-26(19-25)10-5-6-11-26/h4,7-9,14-15,20,23,27H,5-6,10-13,16-19H2,1-3H3/t20-,23-,25?/m1/s1. The van der Waals surface area contributed by atoms with Gasteiger partial charge in [-0.05, 0) is 68.7 Å². The largest absolute Gasteiger partial charge is 0.375 e. The van der Waals surface area contributed by atoms with Crippen LogP contribution in [-0.4, -0.2) is 33.5 Å². The summed E-state index contributed by atoms with van der Waals surface area (Å²) in [6.07, 6.45) is 13.4. The van der Waals surface area contributed by atoms with E-state index in [0.717, 1.165) is 38.8 Å². The molecule has 1 spiro atoms. The number of ether oxygens (including phenoxy) is 1. The van der Waals surface area contributed by atoms with E-state index in [9.17, 15) is 0 Å². The van der Waals surface area contributed by atoms with Gasteiger partial charge in [-0.25, -0.2) is 0 Å². The van der Waals surface area contributed by atoms with Crippen molar-refractivity contribution in [3.8, 4) is 0 Å². The number of fused-ring (bicyclic) bond motifs is 1. The molecule has 168 valence electrons. The maximum atomic E-state index is 6.41. The predicted molar refractivity (Wildman–Crippen MR) is 123 cm³/mol. The first-order valence-corrected chi connectivity index (χ1v) is 12.2. The summed E-state index contributed by atoms with van der Waals surface area (Å²) in [7, 11) is 0. The molecule has 2 aromatic rings. The third-order valence-electron chi connectivity index (χ3n) is 8.18. The summed E-state index contributed by atoms with van der Waals surface area (Å²) >= 11 is 0. The minimum Gasteiger partial charge on any atom is -0.375 e. The third-order valence-corrected chi connectivity index (χ3v) is 8.18. The van der Waals surface area contributed by atoms with Crippen molar-refractivity contribution in [2.45, 2.75) is 95.2 Å². The normalized spacial score (nSPS) is 30.0. The monoisotopic (exact) mass is 422 g/mol. The van der Waals surface area contributed by atoms with E-state index in [1.54, 1.807) is 0 Å². The fourth-order valence-electron chi connectivity index (χ4n) is 6.49. The van der Waals surface area contributed by atoms with E-state index in [0.29, 0.717) is 12.1 Å². The fraction of sp³-hybridized carbons (Fsp3) is 0.692. The lowest BCUT2D eigenvalue weighted by Crippen LogP contribution is -2.47. The Morgan fingerprint density at radius 3 is 2.71 bits per heavy atom. The van der Waals surface area contributed by atoms with Crippen LogP contribution in [-0.2, 0) is 10.2 Å². The Kier molecular flexibility index (Phi) is 5.46.